The molecule has 1 aliphatic heterocycles. The SMILES string of the molecule is COCCCOC1CCNC1.Cl. The van der Waals surface area contributed by atoms with Gasteiger partial charge in [-0.3, -0.25) is 0 Å². The van der Waals surface area contributed by atoms with Crippen LogP contribution in [0.5, 0.6) is 0 Å². The number of hydrogen-bond acceptors (Lipinski definition) is 3. The van der Waals surface area contributed by atoms with Crippen molar-refractivity contribution in [1.82, 2.24) is 5.32 Å². The minimum atomic E-state index is 0. The zero-order chi connectivity index (χ0) is 7.94. The van der Waals surface area contributed by atoms with Crippen LogP contribution >= 0.6 is 12.4 Å². The van der Waals surface area contributed by atoms with E-state index in [2.05, 4.69) is 5.32 Å². The molecule has 1 aliphatic rings. The summed E-state index contributed by atoms with van der Waals surface area (Å²) in [5, 5.41) is 3.26. The summed E-state index contributed by atoms with van der Waals surface area (Å²) in [7, 11) is 1.72. The highest BCUT2D eigenvalue weighted by Crippen LogP contribution is 2.02. The van der Waals surface area contributed by atoms with Crippen LogP contribution < -0.4 is 5.32 Å². The van der Waals surface area contributed by atoms with E-state index in [0.29, 0.717) is 6.10 Å². The number of nitrogens with one attached hydrogen (secondary N) is 1. The fourth-order valence-corrected chi connectivity index (χ4v) is 1.22. The van der Waals surface area contributed by atoms with Crippen LogP contribution in [0.1, 0.15) is 12.8 Å². The van der Waals surface area contributed by atoms with Crippen molar-refractivity contribution in [2.45, 2.75) is 18.9 Å². The topological polar surface area (TPSA) is 30.5 Å². The Balaban J connectivity index is 0.00000121. The summed E-state index contributed by atoms with van der Waals surface area (Å²) >= 11 is 0. The lowest BCUT2D eigenvalue weighted by molar-refractivity contribution is 0.0513. The summed E-state index contributed by atoms with van der Waals surface area (Å²) in [6.07, 6.45) is 2.62. The Morgan fingerprint density at radius 2 is 2.25 bits per heavy atom. The largest absolute Gasteiger partial charge is 0.385 e. The zero-order valence-corrected chi connectivity index (χ0v) is 8.36. The first-order chi connectivity index (χ1) is 5.43. The third kappa shape index (κ3) is 4.93. The predicted molar refractivity (Wildman–Crippen MR) is 51.0 cm³/mol. The van der Waals surface area contributed by atoms with Crippen LogP contribution in [-0.4, -0.2) is 39.5 Å². The predicted octanol–water partition coefficient (Wildman–Crippen LogP) is 0.823. The lowest BCUT2D eigenvalue weighted by Crippen LogP contribution is -2.17. The van der Waals surface area contributed by atoms with E-state index in [1.54, 1.807) is 7.11 Å². The van der Waals surface area contributed by atoms with Crippen LogP contribution in [0.4, 0.5) is 0 Å². The molecule has 0 aliphatic carbocycles. The van der Waals surface area contributed by atoms with Gasteiger partial charge < -0.3 is 14.8 Å². The normalized spacial score (nSPS) is 22.2. The van der Waals surface area contributed by atoms with E-state index < -0.39 is 0 Å². The van der Waals surface area contributed by atoms with Gasteiger partial charge in [-0.05, 0) is 19.4 Å². The Labute approximate surface area is 80.2 Å². The van der Waals surface area contributed by atoms with Gasteiger partial charge in [-0.2, -0.15) is 0 Å². The highest BCUT2D eigenvalue weighted by molar-refractivity contribution is 5.85. The lowest BCUT2D eigenvalue weighted by Gasteiger charge is -2.09. The Kier molecular flexibility index (Phi) is 7.91. The molecule has 0 radical (unpaired) electrons. The Morgan fingerprint density at radius 3 is 2.83 bits per heavy atom. The molecule has 1 fully saturated rings. The number of methoxy groups -OCH3 is 1. The van der Waals surface area contributed by atoms with Gasteiger partial charge in [-0.15, -0.1) is 12.4 Å². The van der Waals surface area contributed by atoms with Crippen molar-refractivity contribution in [2.24, 2.45) is 0 Å². The Morgan fingerprint density at radius 1 is 1.42 bits per heavy atom. The molecule has 0 bridgehead atoms. The third-order valence-electron chi connectivity index (χ3n) is 1.86. The summed E-state index contributed by atoms with van der Waals surface area (Å²) in [5.74, 6) is 0. The van der Waals surface area contributed by atoms with Crippen LogP contribution in [-0.2, 0) is 9.47 Å². The van der Waals surface area contributed by atoms with E-state index in [9.17, 15) is 0 Å². The quantitative estimate of drug-likeness (QED) is 0.660. The third-order valence-corrected chi connectivity index (χ3v) is 1.86. The number of rotatable bonds is 5. The molecule has 0 aromatic rings. The summed E-state index contributed by atoms with van der Waals surface area (Å²) < 4.78 is 10.5. The van der Waals surface area contributed by atoms with Gasteiger partial charge in [0, 0.05) is 26.9 Å². The van der Waals surface area contributed by atoms with Crippen molar-refractivity contribution >= 4 is 12.4 Å². The molecular weight excluding hydrogens is 178 g/mol. The second kappa shape index (κ2) is 7.80. The average Bonchev–Trinajstić information content (AvgIpc) is 2.50. The Hall–Kier alpha value is 0.170. The molecule has 0 aromatic carbocycles. The van der Waals surface area contributed by atoms with E-state index >= 15 is 0 Å². The van der Waals surface area contributed by atoms with E-state index in [0.717, 1.165) is 39.1 Å². The van der Waals surface area contributed by atoms with Gasteiger partial charge in [0.25, 0.3) is 0 Å². The van der Waals surface area contributed by atoms with Gasteiger partial charge in [0.15, 0.2) is 0 Å². The molecule has 3 nitrogen and oxygen atoms in total. The van der Waals surface area contributed by atoms with Crippen LogP contribution in [0.25, 0.3) is 0 Å². The highest BCUT2D eigenvalue weighted by Gasteiger charge is 2.13. The molecular formula is C8H18ClNO2. The van der Waals surface area contributed by atoms with Gasteiger partial charge in [0.2, 0.25) is 0 Å². The van der Waals surface area contributed by atoms with E-state index in [1.165, 1.54) is 0 Å². The molecule has 0 aromatic heterocycles. The van der Waals surface area contributed by atoms with Crippen molar-refractivity contribution in [3.63, 3.8) is 0 Å². The molecule has 1 unspecified atom stereocenters. The van der Waals surface area contributed by atoms with Crippen molar-refractivity contribution in [2.75, 3.05) is 33.4 Å². The van der Waals surface area contributed by atoms with Crippen molar-refractivity contribution < 1.29 is 9.47 Å². The summed E-state index contributed by atoms with van der Waals surface area (Å²) in [4.78, 5) is 0. The van der Waals surface area contributed by atoms with Gasteiger partial charge in [0.1, 0.15) is 0 Å². The van der Waals surface area contributed by atoms with Crippen molar-refractivity contribution in [3.8, 4) is 0 Å². The molecule has 1 saturated heterocycles. The maximum atomic E-state index is 5.56. The van der Waals surface area contributed by atoms with Crippen LogP contribution in [0.15, 0.2) is 0 Å². The fourth-order valence-electron chi connectivity index (χ4n) is 1.22. The first kappa shape index (κ1) is 12.2. The van der Waals surface area contributed by atoms with Gasteiger partial charge in [0.05, 0.1) is 6.10 Å². The smallest absolute Gasteiger partial charge is 0.0711 e. The molecule has 0 spiro atoms. The first-order valence-electron chi connectivity index (χ1n) is 4.24. The summed E-state index contributed by atoms with van der Waals surface area (Å²) in [6.45, 7) is 3.77. The zero-order valence-electron chi connectivity index (χ0n) is 7.54. The lowest BCUT2D eigenvalue weighted by atomic mass is 10.3. The Bertz CT molecular complexity index is 97.1. The van der Waals surface area contributed by atoms with E-state index in [-0.39, 0.29) is 12.4 Å². The van der Waals surface area contributed by atoms with Crippen molar-refractivity contribution in [1.29, 1.82) is 0 Å². The fraction of sp³-hybridized carbons (Fsp3) is 1.00. The van der Waals surface area contributed by atoms with Crippen LogP contribution in [0.2, 0.25) is 0 Å². The monoisotopic (exact) mass is 195 g/mol. The highest BCUT2D eigenvalue weighted by atomic mass is 35.5. The molecule has 1 N–H and O–H groups in total. The van der Waals surface area contributed by atoms with Crippen LogP contribution in [0, 0.1) is 0 Å². The van der Waals surface area contributed by atoms with E-state index in [4.69, 9.17) is 9.47 Å². The minimum absolute atomic E-state index is 0. The second-order valence-corrected chi connectivity index (χ2v) is 2.83. The maximum absolute atomic E-state index is 5.56. The molecule has 74 valence electrons. The van der Waals surface area contributed by atoms with Crippen LogP contribution in [0.3, 0.4) is 0 Å². The molecule has 12 heavy (non-hydrogen) atoms. The molecule has 1 heterocycles. The summed E-state index contributed by atoms with van der Waals surface area (Å²) in [5.41, 5.74) is 0. The second-order valence-electron chi connectivity index (χ2n) is 2.83. The summed E-state index contributed by atoms with van der Waals surface area (Å²) in [6, 6.07) is 0. The van der Waals surface area contributed by atoms with Gasteiger partial charge in [-0.25, -0.2) is 0 Å². The maximum Gasteiger partial charge on any atom is 0.0711 e. The van der Waals surface area contributed by atoms with Gasteiger partial charge in [-0.1, -0.05) is 0 Å². The standard InChI is InChI=1S/C8H17NO2.ClH/c1-10-5-2-6-11-8-3-4-9-7-8;/h8-9H,2-7H2,1H3;1H. The molecule has 0 amide bonds. The number of hydrogen-bond donors (Lipinski definition) is 1. The van der Waals surface area contributed by atoms with Crippen molar-refractivity contribution in [3.05, 3.63) is 0 Å². The number of ether oxygens (including phenoxy) is 2. The van der Waals surface area contributed by atoms with E-state index in [1.807, 2.05) is 0 Å². The molecule has 4 heteroatoms. The number of halogens is 1. The molecule has 1 atom stereocenters. The average molecular weight is 196 g/mol. The van der Waals surface area contributed by atoms with Gasteiger partial charge >= 0.3 is 0 Å². The molecule has 1 rings (SSSR count). The first-order valence-corrected chi connectivity index (χ1v) is 4.24. The minimum Gasteiger partial charge on any atom is -0.385 e. The molecule has 0 saturated carbocycles.